The van der Waals surface area contributed by atoms with Crippen LogP contribution in [0.3, 0.4) is 0 Å². The van der Waals surface area contributed by atoms with Crippen LogP contribution in [0, 0.1) is 0 Å². The van der Waals surface area contributed by atoms with Crippen molar-refractivity contribution >= 4 is 51.9 Å². The van der Waals surface area contributed by atoms with E-state index in [4.69, 9.17) is 23.8 Å². The molecule has 1 N–H and O–H groups in total. The Kier molecular flexibility index (Phi) is 5.78. The number of benzene rings is 2. The van der Waals surface area contributed by atoms with E-state index in [0.717, 1.165) is 12.8 Å². The molecule has 128 valence electrons. The fourth-order valence-corrected chi connectivity index (χ4v) is 4.04. The molecular weight excluding hydrogens is 374 g/mol. The molecule has 0 atom stereocenters. The van der Waals surface area contributed by atoms with Crippen LogP contribution in [-0.2, 0) is 11.2 Å². The Morgan fingerprint density at radius 1 is 1.20 bits per heavy atom. The molecule has 3 nitrogen and oxygen atoms in total. The van der Waals surface area contributed by atoms with Crippen LogP contribution in [-0.4, -0.2) is 26.8 Å². The molecule has 2 aromatic rings. The number of halogens is 1. The number of aromatic hydroxyl groups is 1. The zero-order valence-electron chi connectivity index (χ0n) is 13.3. The molecule has 0 aliphatic carbocycles. The predicted octanol–water partition coefficient (Wildman–Crippen LogP) is 4.88. The predicted molar refractivity (Wildman–Crippen MR) is 108 cm³/mol. The van der Waals surface area contributed by atoms with E-state index in [1.807, 2.05) is 18.2 Å². The van der Waals surface area contributed by atoms with Crippen molar-refractivity contribution in [1.82, 2.24) is 4.90 Å². The number of hydrogen-bond donors (Lipinski definition) is 1. The second kappa shape index (κ2) is 8.04. The van der Waals surface area contributed by atoms with Crippen molar-refractivity contribution in [1.29, 1.82) is 0 Å². The normalized spacial score (nSPS) is 16.0. The third kappa shape index (κ3) is 4.42. The van der Waals surface area contributed by atoms with Gasteiger partial charge in [0.2, 0.25) is 0 Å². The highest BCUT2D eigenvalue weighted by Crippen LogP contribution is 2.34. The minimum Gasteiger partial charge on any atom is -0.507 e. The Bertz CT molecular complexity index is 837. The largest absolute Gasteiger partial charge is 0.507 e. The monoisotopic (exact) mass is 389 g/mol. The number of amides is 1. The van der Waals surface area contributed by atoms with Crippen LogP contribution in [0.15, 0.2) is 53.4 Å². The molecule has 0 radical (unpaired) electrons. The van der Waals surface area contributed by atoms with Crippen molar-refractivity contribution in [3.05, 3.63) is 69.6 Å². The molecule has 0 spiro atoms. The van der Waals surface area contributed by atoms with Gasteiger partial charge in [0.1, 0.15) is 10.1 Å². The molecule has 3 rings (SSSR count). The number of carbonyl (C=O) groups is 1. The molecule has 1 saturated heterocycles. The van der Waals surface area contributed by atoms with Crippen molar-refractivity contribution in [2.24, 2.45) is 0 Å². The molecule has 1 heterocycles. The number of thioether (sulfide) groups is 1. The fourth-order valence-electron chi connectivity index (χ4n) is 2.56. The summed E-state index contributed by atoms with van der Waals surface area (Å²) in [5, 5.41) is 10.4. The van der Waals surface area contributed by atoms with Crippen LogP contribution < -0.4 is 0 Å². The average Bonchev–Trinajstić information content (AvgIpc) is 2.86. The topological polar surface area (TPSA) is 40.5 Å². The molecule has 25 heavy (non-hydrogen) atoms. The third-order valence-corrected chi connectivity index (χ3v) is 5.45. The highest BCUT2D eigenvalue weighted by atomic mass is 35.5. The van der Waals surface area contributed by atoms with Crippen molar-refractivity contribution in [3.63, 3.8) is 0 Å². The highest BCUT2D eigenvalue weighted by Gasteiger charge is 2.31. The van der Waals surface area contributed by atoms with Crippen LogP contribution in [0.4, 0.5) is 0 Å². The Morgan fingerprint density at radius 2 is 1.96 bits per heavy atom. The molecule has 0 bridgehead atoms. The Hall–Kier alpha value is -1.82. The van der Waals surface area contributed by atoms with Gasteiger partial charge in [0.25, 0.3) is 5.91 Å². The molecule has 0 unspecified atom stereocenters. The third-order valence-electron chi connectivity index (χ3n) is 3.84. The Morgan fingerprint density at radius 3 is 2.72 bits per heavy atom. The van der Waals surface area contributed by atoms with E-state index in [9.17, 15) is 9.90 Å². The number of aryl methyl sites for hydroxylation is 1. The van der Waals surface area contributed by atoms with E-state index in [1.54, 1.807) is 23.1 Å². The lowest BCUT2D eigenvalue weighted by molar-refractivity contribution is -0.122. The number of phenolic OH excluding ortho intramolecular Hbond substituents is 1. The maximum Gasteiger partial charge on any atom is 0.266 e. The number of phenols is 1. The lowest BCUT2D eigenvalue weighted by atomic mass is 10.1. The number of nitrogens with zero attached hydrogens (tertiary/aromatic N) is 1. The first kappa shape index (κ1) is 18.0. The minimum atomic E-state index is -0.123. The van der Waals surface area contributed by atoms with E-state index in [0.29, 0.717) is 26.4 Å². The van der Waals surface area contributed by atoms with Crippen LogP contribution in [0.25, 0.3) is 6.08 Å². The van der Waals surface area contributed by atoms with Gasteiger partial charge in [0, 0.05) is 17.1 Å². The zero-order valence-corrected chi connectivity index (χ0v) is 15.7. The minimum absolute atomic E-state index is 0.0822. The van der Waals surface area contributed by atoms with E-state index in [2.05, 4.69) is 12.1 Å². The van der Waals surface area contributed by atoms with Gasteiger partial charge < -0.3 is 5.11 Å². The number of rotatable bonds is 5. The summed E-state index contributed by atoms with van der Waals surface area (Å²) in [5.74, 6) is -0.0406. The van der Waals surface area contributed by atoms with E-state index in [1.165, 1.54) is 23.4 Å². The van der Waals surface area contributed by atoms with Gasteiger partial charge >= 0.3 is 0 Å². The fraction of sp³-hybridized carbons (Fsp3) is 0.158. The quantitative estimate of drug-likeness (QED) is 0.584. The zero-order chi connectivity index (χ0) is 17.8. The smallest absolute Gasteiger partial charge is 0.266 e. The molecule has 0 saturated carbocycles. The second-order valence-corrected chi connectivity index (χ2v) is 7.74. The average molecular weight is 390 g/mol. The van der Waals surface area contributed by atoms with Gasteiger partial charge in [-0.3, -0.25) is 9.69 Å². The van der Waals surface area contributed by atoms with Crippen LogP contribution in [0.2, 0.25) is 5.02 Å². The van der Waals surface area contributed by atoms with Crippen molar-refractivity contribution in [2.75, 3.05) is 6.54 Å². The lowest BCUT2D eigenvalue weighted by Gasteiger charge is -2.14. The molecule has 2 aromatic carbocycles. The van der Waals surface area contributed by atoms with Gasteiger partial charge in [0.15, 0.2) is 0 Å². The summed E-state index contributed by atoms with van der Waals surface area (Å²) in [6.07, 6.45) is 3.37. The number of thiocarbonyl (C=S) groups is 1. The maximum absolute atomic E-state index is 12.6. The lowest BCUT2D eigenvalue weighted by Crippen LogP contribution is -2.29. The van der Waals surface area contributed by atoms with Gasteiger partial charge in [-0.05, 0) is 42.7 Å². The summed E-state index contributed by atoms with van der Waals surface area (Å²) >= 11 is 12.5. The van der Waals surface area contributed by atoms with Crippen molar-refractivity contribution in [3.8, 4) is 5.75 Å². The van der Waals surface area contributed by atoms with E-state index < -0.39 is 0 Å². The van der Waals surface area contributed by atoms with Crippen LogP contribution in [0.5, 0.6) is 5.75 Å². The van der Waals surface area contributed by atoms with E-state index in [-0.39, 0.29) is 11.7 Å². The van der Waals surface area contributed by atoms with Crippen molar-refractivity contribution in [2.45, 2.75) is 12.8 Å². The van der Waals surface area contributed by atoms with Crippen LogP contribution >= 0.6 is 35.6 Å². The van der Waals surface area contributed by atoms with Gasteiger partial charge in [0.05, 0.1) is 4.91 Å². The van der Waals surface area contributed by atoms with Gasteiger partial charge in [-0.25, -0.2) is 0 Å². The summed E-state index contributed by atoms with van der Waals surface area (Å²) in [6.45, 7) is 0.582. The number of hydrogen-bond acceptors (Lipinski definition) is 4. The van der Waals surface area contributed by atoms with Gasteiger partial charge in [-0.15, -0.1) is 0 Å². The summed E-state index contributed by atoms with van der Waals surface area (Å²) in [6, 6.07) is 14.9. The maximum atomic E-state index is 12.6. The summed E-state index contributed by atoms with van der Waals surface area (Å²) < 4.78 is 0.547. The summed E-state index contributed by atoms with van der Waals surface area (Å²) in [4.78, 5) is 14.7. The molecule has 0 aromatic heterocycles. The van der Waals surface area contributed by atoms with Crippen LogP contribution in [0.1, 0.15) is 17.5 Å². The second-order valence-electron chi connectivity index (χ2n) is 5.63. The van der Waals surface area contributed by atoms with Gasteiger partial charge in [-0.1, -0.05) is 65.9 Å². The van der Waals surface area contributed by atoms with Crippen molar-refractivity contribution < 1.29 is 9.90 Å². The summed E-state index contributed by atoms with van der Waals surface area (Å²) in [7, 11) is 0. The van der Waals surface area contributed by atoms with E-state index >= 15 is 0 Å². The Labute approximate surface area is 161 Å². The molecular formula is C19H16ClNO2S2. The number of carbonyl (C=O) groups excluding carboxylic acids is 1. The Balaban J connectivity index is 1.67. The standard InChI is InChI=1S/C19H16ClNO2S2/c20-15-8-9-16(22)14(11-15)12-17-18(23)21(19(24)25-17)10-4-7-13-5-2-1-3-6-13/h1-3,5-6,8-9,11-12,22H,4,7,10H2. The first-order chi connectivity index (χ1) is 12.0. The molecule has 1 aliphatic rings. The molecule has 1 aliphatic heterocycles. The van der Waals surface area contributed by atoms with Gasteiger partial charge in [-0.2, -0.15) is 0 Å². The SMILES string of the molecule is O=C1C(=Cc2cc(Cl)ccc2O)SC(=S)N1CCCc1ccccc1. The summed E-state index contributed by atoms with van der Waals surface area (Å²) in [5.41, 5.74) is 1.75. The molecule has 6 heteroatoms. The first-order valence-electron chi connectivity index (χ1n) is 7.82. The first-order valence-corrected chi connectivity index (χ1v) is 9.42. The molecule has 1 amide bonds. The molecule has 1 fully saturated rings. The highest BCUT2D eigenvalue weighted by molar-refractivity contribution is 8.26.